The van der Waals surface area contributed by atoms with Crippen LogP contribution in [0.3, 0.4) is 0 Å². The fraction of sp³-hybridized carbons (Fsp3) is 0.667. The van der Waals surface area contributed by atoms with Crippen molar-refractivity contribution in [3.8, 4) is 0 Å². The molecule has 0 aromatic heterocycles. The summed E-state index contributed by atoms with van der Waals surface area (Å²) in [6.07, 6.45) is 12.5. The van der Waals surface area contributed by atoms with Gasteiger partial charge >= 0.3 is 0 Å². The Hall–Kier alpha value is -0.633. The first-order valence-electron chi connectivity index (χ1n) is 6.90. The van der Waals surface area contributed by atoms with E-state index in [0.29, 0.717) is 0 Å². The van der Waals surface area contributed by atoms with Gasteiger partial charge in [-0.15, -0.1) is 0 Å². The zero-order valence-electron chi connectivity index (χ0n) is 11.6. The third kappa shape index (κ3) is 7.32. The summed E-state index contributed by atoms with van der Waals surface area (Å²) in [5, 5.41) is 0. The van der Waals surface area contributed by atoms with Crippen LogP contribution in [0.4, 0.5) is 0 Å². The minimum Gasteiger partial charge on any atom is -0.290 e. The monoisotopic (exact) mass is 250 g/mol. The van der Waals surface area contributed by atoms with Gasteiger partial charge in [-0.3, -0.25) is 4.79 Å². The van der Waals surface area contributed by atoms with E-state index in [9.17, 15) is 4.79 Å². The van der Waals surface area contributed by atoms with Crippen molar-refractivity contribution < 1.29 is 4.79 Å². The Morgan fingerprint density at radius 1 is 1.00 bits per heavy atom. The first-order chi connectivity index (χ1) is 7.97. The summed E-state index contributed by atoms with van der Waals surface area (Å²) in [4.78, 5) is 11.8. The summed E-state index contributed by atoms with van der Waals surface area (Å²) in [7, 11) is -1.23. The van der Waals surface area contributed by atoms with E-state index in [2.05, 4.69) is 25.3 Å². The van der Waals surface area contributed by atoms with Gasteiger partial charge in [-0.1, -0.05) is 50.2 Å². The minimum atomic E-state index is -1.23. The highest BCUT2D eigenvalue weighted by atomic mass is 28.3. The second-order valence-electron chi connectivity index (χ2n) is 6.17. The largest absolute Gasteiger partial charge is 0.290 e. The minimum absolute atomic E-state index is 0.197. The molecular formula is C15H26OSi. The summed E-state index contributed by atoms with van der Waals surface area (Å²) in [6, 6.07) is 0. The van der Waals surface area contributed by atoms with Crippen LogP contribution in [0.2, 0.25) is 19.6 Å². The smallest absolute Gasteiger partial charge is 0.177 e. The van der Waals surface area contributed by atoms with E-state index < -0.39 is 8.07 Å². The van der Waals surface area contributed by atoms with Gasteiger partial charge in [0.2, 0.25) is 0 Å². The maximum Gasteiger partial charge on any atom is 0.177 e. The summed E-state index contributed by atoms with van der Waals surface area (Å²) in [5.74, 6) is 0.197. The molecule has 0 atom stereocenters. The number of carbonyl (C=O) groups excluding carboxylic acids is 1. The lowest BCUT2D eigenvalue weighted by Crippen LogP contribution is -2.16. The van der Waals surface area contributed by atoms with Gasteiger partial charge in [0.15, 0.2) is 5.78 Å². The highest BCUT2D eigenvalue weighted by Gasteiger charge is 2.08. The fourth-order valence-corrected chi connectivity index (χ4v) is 2.75. The quantitative estimate of drug-likeness (QED) is 0.526. The van der Waals surface area contributed by atoms with Gasteiger partial charge in [0.1, 0.15) is 0 Å². The predicted molar refractivity (Wildman–Crippen MR) is 77.9 cm³/mol. The Morgan fingerprint density at radius 3 is 2.06 bits per heavy atom. The molecule has 0 radical (unpaired) electrons. The molecule has 1 aliphatic rings. The number of allylic oxidation sites excluding steroid dienone is 3. The van der Waals surface area contributed by atoms with Crippen LogP contribution >= 0.6 is 0 Å². The lowest BCUT2D eigenvalue weighted by atomic mass is 9.95. The van der Waals surface area contributed by atoms with Gasteiger partial charge in [0.25, 0.3) is 0 Å². The Balaban J connectivity index is 2.54. The maximum atomic E-state index is 11.8. The molecule has 0 N–H and O–H groups in total. The molecule has 1 saturated carbocycles. The van der Waals surface area contributed by atoms with Crippen molar-refractivity contribution in [3.05, 3.63) is 23.4 Å². The summed E-state index contributed by atoms with van der Waals surface area (Å²) >= 11 is 0. The predicted octanol–water partition coefficient (Wildman–Crippen LogP) is 4.66. The van der Waals surface area contributed by atoms with E-state index in [1.807, 2.05) is 6.08 Å². The van der Waals surface area contributed by atoms with E-state index in [0.717, 1.165) is 12.8 Å². The highest BCUT2D eigenvalue weighted by Crippen LogP contribution is 2.21. The zero-order chi connectivity index (χ0) is 12.7. The number of carbonyl (C=O) groups is 1. The van der Waals surface area contributed by atoms with Gasteiger partial charge < -0.3 is 0 Å². The van der Waals surface area contributed by atoms with Crippen LogP contribution < -0.4 is 0 Å². The third-order valence-corrected chi connectivity index (χ3v) is 4.26. The van der Waals surface area contributed by atoms with Gasteiger partial charge in [-0.25, -0.2) is 0 Å². The Bertz CT molecular complexity index is 297. The summed E-state index contributed by atoms with van der Waals surface area (Å²) in [6.45, 7) is 6.75. The second-order valence-corrected chi connectivity index (χ2v) is 11.2. The molecule has 0 amide bonds. The molecule has 0 heterocycles. The molecule has 1 rings (SSSR count). The first-order valence-corrected chi connectivity index (χ1v) is 10.5. The van der Waals surface area contributed by atoms with Crippen molar-refractivity contribution in [1.29, 1.82) is 0 Å². The van der Waals surface area contributed by atoms with Gasteiger partial charge in [-0.05, 0) is 37.8 Å². The first kappa shape index (κ1) is 14.4. The van der Waals surface area contributed by atoms with E-state index in [4.69, 9.17) is 0 Å². The van der Waals surface area contributed by atoms with Crippen molar-refractivity contribution >= 4 is 13.9 Å². The van der Waals surface area contributed by atoms with Gasteiger partial charge in [0, 0.05) is 0 Å². The molecule has 1 fully saturated rings. The van der Waals surface area contributed by atoms with Crippen molar-refractivity contribution in [1.82, 2.24) is 0 Å². The summed E-state index contributed by atoms with van der Waals surface area (Å²) < 4.78 is 0. The van der Waals surface area contributed by atoms with Crippen molar-refractivity contribution in [2.45, 2.75) is 64.6 Å². The SMILES string of the molecule is C[Si](C)(C)/C=C/C(=O)C=C1CCCCCCC1. The van der Waals surface area contributed by atoms with Crippen LogP contribution in [0.1, 0.15) is 44.9 Å². The van der Waals surface area contributed by atoms with Crippen LogP contribution in [0.5, 0.6) is 0 Å². The van der Waals surface area contributed by atoms with Crippen LogP contribution in [0.15, 0.2) is 23.4 Å². The number of hydrogen-bond donors (Lipinski definition) is 0. The summed E-state index contributed by atoms with van der Waals surface area (Å²) in [5.41, 5.74) is 3.50. The number of rotatable bonds is 3. The lowest BCUT2D eigenvalue weighted by molar-refractivity contribution is -0.110. The van der Waals surface area contributed by atoms with Crippen molar-refractivity contribution in [3.63, 3.8) is 0 Å². The Morgan fingerprint density at radius 2 is 1.53 bits per heavy atom. The standard InChI is InChI=1S/C15H26OSi/c1-17(2,3)12-11-15(16)13-14-9-7-5-4-6-8-10-14/h11-13H,4-10H2,1-3H3/b12-11+. The topological polar surface area (TPSA) is 17.1 Å². The van der Waals surface area contributed by atoms with Crippen molar-refractivity contribution in [2.24, 2.45) is 0 Å². The molecule has 0 bridgehead atoms. The molecule has 0 aliphatic heterocycles. The molecule has 17 heavy (non-hydrogen) atoms. The molecule has 1 nitrogen and oxygen atoms in total. The van der Waals surface area contributed by atoms with Crippen LogP contribution in [-0.2, 0) is 4.79 Å². The molecule has 1 aliphatic carbocycles. The Kier molecular flexibility index (Phi) is 5.90. The average Bonchev–Trinajstić information content (AvgIpc) is 2.18. The normalized spacial score (nSPS) is 18.9. The second kappa shape index (κ2) is 6.95. The van der Waals surface area contributed by atoms with Gasteiger partial charge in [-0.2, -0.15) is 0 Å². The average molecular weight is 250 g/mol. The van der Waals surface area contributed by atoms with Crippen LogP contribution in [-0.4, -0.2) is 13.9 Å². The van der Waals surface area contributed by atoms with E-state index in [1.54, 1.807) is 6.08 Å². The Labute approximate surface area is 107 Å². The van der Waals surface area contributed by atoms with E-state index >= 15 is 0 Å². The molecule has 96 valence electrons. The fourth-order valence-electron chi connectivity index (χ4n) is 2.09. The lowest BCUT2D eigenvalue weighted by Gasteiger charge is -2.11. The molecule has 0 aromatic rings. The van der Waals surface area contributed by atoms with Crippen molar-refractivity contribution in [2.75, 3.05) is 0 Å². The maximum absolute atomic E-state index is 11.8. The molecule has 2 heteroatoms. The van der Waals surface area contributed by atoms with E-state index in [-0.39, 0.29) is 5.78 Å². The third-order valence-electron chi connectivity index (χ3n) is 3.09. The molecule has 0 spiro atoms. The molecule has 0 saturated heterocycles. The molecule has 0 aromatic carbocycles. The zero-order valence-corrected chi connectivity index (χ0v) is 12.6. The number of ketones is 1. The van der Waals surface area contributed by atoms with Crippen LogP contribution in [0.25, 0.3) is 0 Å². The van der Waals surface area contributed by atoms with Gasteiger partial charge in [0.05, 0.1) is 8.07 Å². The number of hydrogen-bond acceptors (Lipinski definition) is 1. The highest BCUT2D eigenvalue weighted by molar-refractivity contribution is 6.81. The molecular weight excluding hydrogens is 224 g/mol. The van der Waals surface area contributed by atoms with Crippen LogP contribution in [0, 0.1) is 0 Å². The molecule has 0 unspecified atom stereocenters. The van der Waals surface area contributed by atoms with E-state index in [1.165, 1.54) is 37.7 Å².